The van der Waals surface area contributed by atoms with Crippen LogP contribution >= 0.6 is 0 Å². The van der Waals surface area contributed by atoms with Crippen molar-refractivity contribution in [3.05, 3.63) is 25.3 Å². The van der Waals surface area contributed by atoms with Crippen molar-refractivity contribution in [2.24, 2.45) is 0 Å². The molecule has 3 nitrogen and oxygen atoms in total. The summed E-state index contributed by atoms with van der Waals surface area (Å²) in [6, 6.07) is 0. The molecule has 0 amide bonds. The van der Waals surface area contributed by atoms with Crippen molar-refractivity contribution in [3.8, 4) is 0 Å². The third-order valence-corrected chi connectivity index (χ3v) is 2.01. The van der Waals surface area contributed by atoms with Gasteiger partial charge in [0.15, 0.2) is 6.79 Å². The average molecular weight is 212 g/mol. The fraction of sp³-hybridized carbons (Fsp3) is 0.583. The summed E-state index contributed by atoms with van der Waals surface area (Å²) in [7, 11) is 0. The highest BCUT2D eigenvalue weighted by Crippen LogP contribution is 2.07. The van der Waals surface area contributed by atoms with Crippen LogP contribution in [0.1, 0.15) is 32.6 Å². The third-order valence-electron chi connectivity index (χ3n) is 2.01. The van der Waals surface area contributed by atoms with Crippen molar-refractivity contribution in [1.29, 1.82) is 0 Å². The van der Waals surface area contributed by atoms with Crippen LogP contribution in [0.2, 0.25) is 0 Å². The molecule has 0 rings (SSSR count). The van der Waals surface area contributed by atoms with E-state index in [-0.39, 0.29) is 12.9 Å². The highest BCUT2D eigenvalue weighted by atomic mass is 16.7. The number of esters is 1. The fourth-order valence-corrected chi connectivity index (χ4v) is 1.10. The molecule has 86 valence electrons. The number of carbonyl (C=O) groups is 1. The van der Waals surface area contributed by atoms with Crippen LogP contribution in [0, 0.1) is 0 Å². The first-order valence-corrected chi connectivity index (χ1v) is 5.28. The van der Waals surface area contributed by atoms with Gasteiger partial charge in [0.2, 0.25) is 0 Å². The van der Waals surface area contributed by atoms with Gasteiger partial charge in [-0.05, 0) is 6.42 Å². The normalized spacial score (nSPS) is 11.8. The molecule has 0 aromatic rings. The van der Waals surface area contributed by atoms with Crippen molar-refractivity contribution < 1.29 is 14.3 Å². The molecule has 0 aliphatic heterocycles. The van der Waals surface area contributed by atoms with E-state index < -0.39 is 5.97 Å². The fourth-order valence-electron chi connectivity index (χ4n) is 1.10. The SMILES string of the molecule is C=CC(=O)OCOC(C=C)CCCCC. The van der Waals surface area contributed by atoms with Gasteiger partial charge in [-0.15, -0.1) is 6.58 Å². The first kappa shape index (κ1) is 13.9. The summed E-state index contributed by atoms with van der Waals surface area (Å²) in [5, 5.41) is 0. The van der Waals surface area contributed by atoms with E-state index in [0.29, 0.717) is 0 Å². The van der Waals surface area contributed by atoms with Crippen molar-refractivity contribution >= 4 is 5.97 Å². The molecule has 0 spiro atoms. The Labute approximate surface area is 91.8 Å². The molecule has 0 fully saturated rings. The Bertz CT molecular complexity index is 199. The van der Waals surface area contributed by atoms with Crippen LogP contribution in [0.25, 0.3) is 0 Å². The monoisotopic (exact) mass is 212 g/mol. The van der Waals surface area contributed by atoms with Crippen LogP contribution in [-0.4, -0.2) is 18.9 Å². The predicted molar refractivity (Wildman–Crippen MR) is 60.4 cm³/mol. The molecule has 1 atom stereocenters. The van der Waals surface area contributed by atoms with Crippen LogP contribution < -0.4 is 0 Å². The van der Waals surface area contributed by atoms with Gasteiger partial charge < -0.3 is 9.47 Å². The second kappa shape index (κ2) is 9.46. The Morgan fingerprint density at radius 2 is 2.13 bits per heavy atom. The van der Waals surface area contributed by atoms with Gasteiger partial charge in [-0.1, -0.05) is 38.8 Å². The number of hydrogen-bond acceptors (Lipinski definition) is 3. The van der Waals surface area contributed by atoms with E-state index in [4.69, 9.17) is 9.47 Å². The van der Waals surface area contributed by atoms with E-state index in [1.165, 1.54) is 12.8 Å². The Morgan fingerprint density at radius 3 is 2.67 bits per heavy atom. The number of ether oxygens (including phenoxy) is 2. The summed E-state index contributed by atoms with van der Waals surface area (Å²) in [4.78, 5) is 10.7. The molecule has 15 heavy (non-hydrogen) atoms. The summed E-state index contributed by atoms with van der Waals surface area (Å²) in [5.74, 6) is -0.466. The van der Waals surface area contributed by atoms with Gasteiger partial charge in [0.05, 0.1) is 6.10 Å². The molecule has 0 saturated carbocycles. The molecule has 0 radical (unpaired) electrons. The number of rotatable bonds is 9. The summed E-state index contributed by atoms with van der Waals surface area (Å²) in [6.45, 7) is 9.08. The lowest BCUT2D eigenvalue weighted by molar-refractivity contribution is -0.153. The van der Waals surface area contributed by atoms with Gasteiger partial charge in [-0.2, -0.15) is 0 Å². The van der Waals surface area contributed by atoms with Crippen molar-refractivity contribution in [1.82, 2.24) is 0 Å². The summed E-state index contributed by atoms with van der Waals surface area (Å²) in [5.41, 5.74) is 0. The van der Waals surface area contributed by atoms with Crippen molar-refractivity contribution in [3.63, 3.8) is 0 Å². The van der Waals surface area contributed by atoms with Crippen LogP contribution in [0.4, 0.5) is 0 Å². The van der Waals surface area contributed by atoms with Gasteiger partial charge in [0.25, 0.3) is 0 Å². The van der Waals surface area contributed by atoms with E-state index in [0.717, 1.165) is 18.9 Å². The van der Waals surface area contributed by atoms with Crippen LogP contribution in [0.3, 0.4) is 0 Å². The molecule has 0 N–H and O–H groups in total. The topological polar surface area (TPSA) is 35.5 Å². The number of unbranched alkanes of at least 4 members (excludes halogenated alkanes) is 2. The average Bonchev–Trinajstić information content (AvgIpc) is 2.26. The number of hydrogen-bond donors (Lipinski definition) is 0. The molecule has 0 aliphatic rings. The van der Waals surface area contributed by atoms with Crippen LogP contribution in [0.5, 0.6) is 0 Å². The largest absolute Gasteiger partial charge is 0.435 e. The highest BCUT2D eigenvalue weighted by molar-refractivity contribution is 5.81. The van der Waals surface area contributed by atoms with Gasteiger partial charge in [0.1, 0.15) is 0 Å². The van der Waals surface area contributed by atoms with E-state index in [1.54, 1.807) is 6.08 Å². The molecular formula is C12H20O3. The summed E-state index contributed by atoms with van der Waals surface area (Å²) < 4.78 is 10.0. The Kier molecular flexibility index (Phi) is 8.78. The van der Waals surface area contributed by atoms with Gasteiger partial charge in [-0.25, -0.2) is 4.79 Å². The summed E-state index contributed by atoms with van der Waals surface area (Å²) in [6.07, 6.45) is 7.19. The first-order valence-electron chi connectivity index (χ1n) is 5.28. The molecule has 0 aromatic heterocycles. The maximum absolute atomic E-state index is 10.7. The molecule has 1 unspecified atom stereocenters. The zero-order chi connectivity index (χ0) is 11.5. The van der Waals surface area contributed by atoms with Crippen molar-refractivity contribution in [2.75, 3.05) is 6.79 Å². The zero-order valence-electron chi connectivity index (χ0n) is 9.41. The van der Waals surface area contributed by atoms with E-state index in [2.05, 4.69) is 20.1 Å². The molecule has 3 heteroatoms. The van der Waals surface area contributed by atoms with Gasteiger partial charge in [-0.3, -0.25) is 0 Å². The molecule has 0 heterocycles. The molecule has 0 bridgehead atoms. The maximum Gasteiger partial charge on any atom is 0.332 e. The minimum absolute atomic E-state index is 0.0332. The molecule has 0 saturated heterocycles. The molecule has 0 aromatic carbocycles. The van der Waals surface area contributed by atoms with E-state index in [9.17, 15) is 4.79 Å². The number of carbonyl (C=O) groups excluding carboxylic acids is 1. The Hall–Kier alpha value is -1.09. The minimum atomic E-state index is -0.466. The second-order valence-electron chi connectivity index (χ2n) is 3.22. The van der Waals surface area contributed by atoms with Crippen LogP contribution in [-0.2, 0) is 14.3 Å². The Balaban J connectivity index is 3.56. The minimum Gasteiger partial charge on any atom is -0.435 e. The zero-order valence-corrected chi connectivity index (χ0v) is 9.41. The highest BCUT2D eigenvalue weighted by Gasteiger charge is 2.04. The lowest BCUT2D eigenvalue weighted by atomic mass is 10.1. The first-order chi connectivity index (χ1) is 7.24. The second-order valence-corrected chi connectivity index (χ2v) is 3.22. The van der Waals surface area contributed by atoms with E-state index in [1.807, 2.05) is 0 Å². The standard InChI is InChI=1S/C12H20O3/c1-4-7-8-9-11(5-2)14-10-15-12(13)6-3/h5-6,11H,2-4,7-10H2,1H3. The maximum atomic E-state index is 10.7. The van der Waals surface area contributed by atoms with Gasteiger partial charge >= 0.3 is 5.97 Å². The summed E-state index contributed by atoms with van der Waals surface area (Å²) >= 11 is 0. The predicted octanol–water partition coefficient (Wildman–Crippen LogP) is 2.82. The third kappa shape index (κ3) is 7.94. The lowest BCUT2D eigenvalue weighted by Crippen LogP contribution is -2.14. The molecular weight excluding hydrogens is 192 g/mol. The Morgan fingerprint density at radius 1 is 1.40 bits per heavy atom. The van der Waals surface area contributed by atoms with E-state index >= 15 is 0 Å². The van der Waals surface area contributed by atoms with Crippen LogP contribution in [0.15, 0.2) is 25.3 Å². The van der Waals surface area contributed by atoms with Gasteiger partial charge in [0, 0.05) is 6.08 Å². The van der Waals surface area contributed by atoms with Crippen molar-refractivity contribution in [2.45, 2.75) is 38.7 Å². The molecule has 0 aliphatic carbocycles. The smallest absolute Gasteiger partial charge is 0.332 e. The lowest BCUT2D eigenvalue weighted by Gasteiger charge is -2.13. The quantitative estimate of drug-likeness (QED) is 0.194.